The molecule has 1 rings (SSSR count). The van der Waals surface area contributed by atoms with Crippen molar-refractivity contribution in [3.8, 4) is 0 Å². The average Bonchev–Trinajstić information content (AvgIpc) is 2.38. The molecule has 6 heteroatoms. The van der Waals surface area contributed by atoms with Crippen LogP contribution in [0.1, 0.15) is 25.3 Å². The Labute approximate surface area is 112 Å². The fourth-order valence-electron chi connectivity index (χ4n) is 1.84. The Bertz CT molecular complexity index is 462. The molecule has 1 atom stereocenters. The first-order chi connectivity index (χ1) is 8.95. The molecular formula is C13H19N3O3. The van der Waals surface area contributed by atoms with E-state index in [1.807, 2.05) is 6.92 Å². The Hall–Kier alpha value is -1.95. The molecule has 0 saturated heterocycles. The van der Waals surface area contributed by atoms with Crippen LogP contribution in [0.25, 0.3) is 0 Å². The van der Waals surface area contributed by atoms with E-state index in [1.54, 1.807) is 19.2 Å². The highest BCUT2D eigenvalue weighted by Gasteiger charge is 2.17. The Morgan fingerprint density at radius 1 is 1.53 bits per heavy atom. The normalized spacial score (nSPS) is 11.9. The molecule has 0 saturated carbocycles. The average molecular weight is 265 g/mol. The van der Waals surface area contributed by atoms with Crippen molar-refractivity contribution >= 4 is 11.6 Å². The monoisotopic (exact) mass is 265 g/mol. The maximum atomic E-state index is 11.9. The quantitative estimate of drug-likeness (QED) is 0.626. The topological polar surface area (TPSA) is 89.5 Å². The predicted octanol–water partition coefficient (Wildman–Crippen LogP) is 1.68. The number of benzene rings is 1. The summed E-state index contributed by atoms with van der Waals surface area (Å²) in [6.07, 6.45) is 1.48. The fraction of sp³-hybridized carbons (Fsp3) is 0.462. The summed E-state index contributed by atoms with van der Waals surface area (Å²) in [5.41, 5.74) is 6.50. The molecule has 0 spiro atoms. The fourth-order valence-corrected chi connectivity index (χ4v) is 1.84. The van der Waals surface area contributed by atoms with Crippen LogP contribution in [0, 0.1) is 10.1 Å². The minimum absolute atomic E-state index is 0.0243. The van der Waals surface area contributed by atoms with Crippen LogP contribution in [0.3, 0.4) is 0 Å². The number of amides is 1. The second kappa shape index (κ2) is 6.84. The first kappa shape index (κ1) is 15.1. The third-order valence-electron chi connectivity index (χ3n) is 2.83. The summed E-state index contributed by atoms with van der Waals surface area (Å²) in [5, 5.41) is 10.7. The van der Waals surface area contributed by atoms with E-state index in [0.717, 1.165) is 6.42 Å². The lowest BCUT2D eigenvalue weighted by atomic mass is 10.1. The van der Waals surface area contributed by atoms with Crippen molar-refractivity contribution in [2.75, 3.05) is 7.05 Å². The molecule has 19 heavy (non-hydrogen) atoms. The molecule has 1 amide bonds. The highest BCUT2D eigenvalue weighted by atomic mass is 16.6. The molecule has 1 aromatic rings. The van der Waals surface area contributed by atoms with Crippen LogP contribution >= 0.6 is 0 Å². The van der Waals surface area contributed by atoms with Gasteiger partial charge in [-0.25, -0.2) is 0 Å². The first-order valence-corrected chi connectivity index (χ1v) is 6.19. The van der Waals surface area contributed by atoms with Crippen LogP contribution in [0.2, 0.25) is 0 Å². The molecular weight excluding hydrogens is 246 g/mol. The van der Waals surface area contributed by atoms with Crippen molar-refractivity contribution in [2.45, 2.75) is 32.4 Å². The van der Waals surface area contributed by atoms with Gasteiger partial charge in [0, 0.05) is 25.7 Å². The predicted molar refractivity (Wildman–Crippen MR) is 72.5 cm³/mol. The van der Waals surface area contributed by atoms with Gasteiger partial charge in [-0.15, -0.1) is 0 Å². The van der Waals surface area contributed by atoms with Gasteiger partial charge in [0.15, 0.2) is 0 Å². The molecule has 0 aromatic heterocycles. The number of nitro benzene ring substituents is 1. The lowest BCUT2D eigenvalue weighted by molar-refractivity contribution is -0.384. The lowest BCUT2D eigenvalue weighted by Crippen LogP contribution is -2.41. The first-order valence-electron chi connectivity index (χ1n) is 6.19. The minimum atomic E-state index is -0.506. The summed E-state index contributed by atoms with van der Waals surface area (Å²) >= 11 is 0. The standard InChI is InChI=1S/C13H19N3O3/c1-3-5-12(14)13(17)15(2)9-10-6-4-7-11(8-10)16(18)19/h4,6-8,12H,3,5,9,14H2,1-2H3/t12-/m0/s1. The van der Waals surface area contributed by atoms with Gasteiger partial charge in [-0.3, -0.25) is 14.9 Å². The van der Waals surface area contributed by atoms with Gasteiger partial charge in [-0.2, -0.15) is 0 Å². The van der Waals surface area contributed by atoms with Crippen LogP contribution in [0.4, 0.5) is 5.69 Å². The van der Waals surface area contributed by atoms with Crippen molar-refractivity contribution in [3.63, 3.8) is 0 Å². The number of nitro groups is 1. The number of nitrogens with two attached hydrogens (primary N) is 1. The van der Waals surface area contributed by atoms with Gasteiger partial charge in [0.2, 0.25) is 5.91 Å². The van der Waals surface area contributed by atoms with E-state index in [9.17, 15) is 14.9 Å². The van der Waals surface area contributed by atoms with Crippen LogP contribution in [-0.2, 0) is 11.3 Å². The van der Waals surface area contributed by atoms with Crippen molar-refractivity contribution in [1.29, 1.82) is 0 Å². The molecule has 0 aliphatic carbocycles. The summed E-state index contributed by atoms with van der Waals surface area (Å²) in [4.78, 5) is 23.6. The molecule has 1 aromatic carbocycles. The number of rotatable bonds is 6. The third-order valence-corrected chi connectivity index (χ3v) is 2.83. The summed E-state index contributed by atoms with van der Waals surface area (Å²) in [6.45, 7) is 2.28. The highest BCUT2D eigenvalue weighted by molar-refractivity contribution is 5.81. The van der Waals surface area contributed by atoms with Gasteiger partial charge >= 0.3 is 0 Å². The van der Waals surface area contributed by atoms with Crippen LogP contribution < -0.4 is 5.73 Å². The van der Waals surface area contributed by atoms with Crippen LogP contribution in [0.15, 0.2) is 24.3 Å². The van der Waals surface area contributed by atoms with Gasteiger partial charge in [0.05, 0.1) is 11.0 Å². The SMILES string of the molecule is CCC[C@H](N)C(=O)N(C)Cc1cccc([N+](=O)[O-])c1. The number of hydrogen-bond donors (Lipinski definition) is 1. The maximum Gasteiger partial charge on any atom is 0.269 e. The molecule has 2 N–H and O–H groups in total. The largest absolute Gasteiger partial charge is 0.340 e. The molecule has 0 radical (unpaired) electrons. The van der Waals surface area contributed by atoms with E-state index in [4.69, 9.17) is 5.73 Å². The lowest BCUT2D eigenvalue weighted by Gasteiger charge is -2.21. The van der Waals surface area contributed by atoms with Crippen molar-refractivity contribution in [1.82, 2.24) is 4.90 Å². The number of carbonyl (C=O) groups excluding carboxylic acids is 1. The van der Waals surface area contributed by atoms with Crippen molar-refractivity contribution < 1.29 is 9.72 Å². The molecule has 0 unspecified atom stereocenters. The molecule has 0 bridgehead atoms. The van der Waals surface area contributed by atoms with Gasteiger partial charge in [-0.1, -0.05) is 25.5 Å². The van der Waals surface area contributed by atoms with E-state index >= 15 is 0 Å². The Morgan fingerprint density at radius 3 is 2.79 bits per heavy atom. The Kier molecular flexibility index (Phi) is 5.44. The van der Waals surface area contributed by atoms with Gasteiger partial charge in [-0.05, 0) is 12.0 Å². The number of nitrogens with zero attached hydrogens (tertiary/aromatic N) is 2. The van der Waals surface area contributed by atoms with Gasteiger partial charge < -0.3 is 10.6 Å². The number of hydrogen-bond acceptors (Lipinski definition) is 4. The van der Waals surface area contributed by atoms with E-state index in [2.05, 4.69) is 0 Å². The van der Waals surface area contributed by atoms with E-state index < -0.39 is 11.0 Å². The van der Waals surface area contributed by atoms with Crippen LogP contribution in [-0.4, -0.2) is 28.8 Å². The molecule has 6 nitrogen and oxygen atoms in total. The molecule has 0 aliphatic heterocycles. The van der Waals surface area contributed by atoms with E-state index in [1.165, 1.54) is 17.0 Å². The maximum absolute atomic E-state index is 11.9. The number of likely N-dealkylation sites (N-methyl/N-ethyl adjacent to an activating group) is 1. The van der Waals surface area contributed by atoms with Gasteiger partial charge in [0.1, 0.15) is 0 Å². The van der Waals surface area contributed by atoms with E-state index in [-0.39, 0.29) is 11.6 Å². The number of non-ortho nitro benzene ring substituents is 1. The minimum Gasteiger partial charge on any atom is -0.340 e. The summed E-state index contributed by atoms with van der Waals surface area (Å²) < 4.78 is 0. The summed E-state index contributed by atoms with van der Waals surface area (Å²) in [7, 11) is 1.65. The third kappa shape index (κ3) is 4.33. The zero-order valence-electron chi connectivity index (χ0n) is 11.2. The molecule has 0 heterocycles. The van der Waals surface area contributed by atoms with Crippen molar-refractivity contribution in [2.24, 2.45) is 5.73 Å². The summed E-state index contributed by atoms with van der Waals surface area (Å²) in [5.74, 6) is -0.145. The molecule has 104 valence electrons. The number of carbonyl (C=O) groups is 1. The Balaban J connectivity index is 2.71. The zero-order valence-corrected chi connectivity index (χ0v) is 11.2. The van der Waals surface area contributed by atoms with Crippen molar-refractivity contribution in [3.05, 3.63) is 39.9 Å². The Morgan fingerprint density at radius 2 is 2.21 bits per heavy atom. The molecule has 0 aliphatic rings. The van der Waals surface area contributed by atoms with E-state index in [0.29, 0.717) is 18.5 Å². The zero-order chi connectivity index (χ0) is 14.4. The smallest absolute Gasteiger partial charge is 0.269 e. The van der Waals surface area contributed by atoms with Gasteiger partial charge in [0.25, 0.3) is 5.69 Å². The molecule has 0 fully saturated rings. The van der Waals surface area contributed by atoms with Crippen LogP contribution in [0.5, 0.6) is 0 Å². The highest BCUT2D eigenvalue weighted by Crippen LogP contribution is 2.14. The second-order valence-electron chi connectivity index (χ2n) is 4.52. The summed E-state index contributed by atoms with van der Waals surface area (Å²) in [6, 6.07) is 5.75. The second-order valence-corrected chi connectivity index (χ2v) is 4.52.